The standard InChI is InChI=1S/C13H20O6/c1-10(15)19-9-7-13(18)5-3-11(16)2-4-12(17)6-8-14/h14H,2-9H2,1H3. The number of hydrogen-bond acceptors (Lipinski definition) is 6. The number of carbonyl (C=O) groups excluding carboxylic acids is 4. The van der Waals surface area contributed by atoms with E-state index in [1.165, 1.54) is 6.92 Å². The van der Waals surface area contributed by atoms with E-state index in [0.717, 1.165) is 0 Å². The molecule has 0 aliphatic heterocycles. The average Bonchev–Trinajstić information content (AvgIpc) is 2.33. The summed E-state index contributed by atoms with van der Waals surface area (Å²) in [5.74, 6) is -0.883. The lowest BCUT2D eigenvalue weighted by Crippen LogP contribution is -2.10. The van der Waals surface area contributed by atoms with Crippen LogP contribution in [0.15, 0.2) is 0 Å². The molecule has 108 valence electrons. The minimum Gasteiger partial charge on any atom is -0.465 e. The monoisotopic (exact) mass is 272 g/mol. The van der Waals surface area contributed by atoms with E-state index in [9.17, 15) is 19.2 Å². The van der Waals surface area contributed by atoms with E-state index >= 15 is 0 Å². The molecule has 0 spiro atoms. The van der Waals surface area contributed by atoms with Crippen LogP contribution in [0.4, 0.5) is 0 Å². The fraction of sp³-hybridized carbons (Fsp3) is 0.692. The highest BCUT2D eigenvalue weighted by atomic mass is 16.5. The number of ketones is 3. The lowest BCUT2D eigenvalue weighted by atomic mass is 10.0. The Bertz CT molecular complexity index is 334. The van der Waals surface area contributed by atoms with E-state index in [0.29, 0.717) is 0 Å². The van der Waals surface area contributed by atoms with Crippen LogP contribution in [0.1, 0.15) is 45.4 Å². The number of esters is 1. The molecule has 19 heavy (non-hydrogen) atoms. The van der Waals surface area contributed by atoms with E-state index in [2.05, 4.69) is 4.74 Å². The number of aliphatic hydroxyl groups excluding tert-OH is 1. The van der Waals surface area contributed by atoms with Gasteiger partial charge in [0.05, 0.1) is 6.61 Å². The normalized spacial score (nSPS) is 10.0. The molecule has 0 saturated carbocycles. The topological polar surface area (TPSA) is 97.7 Å². The third-order valence-corrected chi connectivity index (χ3v) is 2.44. The Balaban J connectivity index is 3.63. The predicted octanol–water partition coefficient (Wildman–Crippen LogP) is 0.590. The van der Waals surface area contributed by atoms with Gasteiger partial charge in [0.25, 0.3) is 0 Å². The van der Waals surface area contributed by atoms with Crippen molar-refractivity contribution in [3.05, 3.63) is 0 Å². The minimum atomic E-state index is -0.439. The van der Waals surface area contributed by atoms with Crippen LogP contribution >= 0.6 is 0 Å². The van der Waals surface area contributed by atoms with Gasteiger partial charge in [-0.3, -0.25) is 19.2 Å². The van der Waals surface area contributed by atoms with Crippen molar-refractivity contribution in [2.24, 2.45) is 0 Å². The molecule has 0 fully saturated rings. The van der Waals surface area contributed by atoms with Gasteiger partial charge < -0.3 is 9.84 Å². The number of aliphatic hydroxyl groups is 1. The molecule has 0 aromatic rings. The summed E-state index contributed by atoms with van der Waals surface area (Å²) in [4.78, 5) is 44.2. The Kier molecular flexibility index (Phi) is 9.52. The molecule has 0 aromatic heterocycles. The second kappa shape index (κ2) is 10.4. The van der Waals surface area contributed by atoms with Crippen LogP contribution in [0.5, 0.6) is 0 Å². The molecule has 6 nitrogen and oxygen atoms in total. The molecule has 0 aliphatic carbocycles. The van der Waals surface area contributed by atoms with Crippen molar-refractivity contribution in [1.29, 1.82) is 0 Å². The Hall–Kier alpha value is -1.56. The SMILES string of the molecule is CC(=O)OCCC(=O)CCC(=O)CCC(=O)CCO. The van der Waals surface area contributed by atoms with Gasteiger partial charge in [-0.05, 0) is 0 Å². The molecular formula is C13H20O6. The molecule has 0 rings (SSSR count). The molecule has 0 atom stereocenters. The highest BCUT2D eigenvalue weighted by Crippen LogP contribution is 2.03. The maximum Gasteiger partial charge on any atom is 0.302 e. The van der Waals surface area contributed by atoms with Crippen molar-refractivity contribution in [3.63, 3.8) is 0 Å². The first-order valence-electron chi connectivity index (χ1n) is 6.25. The summed E-state index contributed by atoms with van der Waals surface area (Å²) >= 11 is 0. The first-order valence-corrected chi connectivity index (χ1v) is 6.25. The van der Waals surface area contributed by atoms with Gasteiger partial charge in [-0.1, -0.05) is 0 Å². The zero-order chi connectivity index (χ0) is 14.7. The number of ether oxygens (including phenoxy) is 1. The molecule has 0 aliphatic rings. The molecular weight excluding hydrogens is 252 g/mol. The van der Waals surface area contributed by atoms with Crippen LogP contribution in [-0.2, 0) is 23.9 Å². The maximum atomic E-state index is 11.4. The second-order valence-electron chi connectivity index (χ2n) is 4.18. The third-order valence-electron chi connectivity index (χ3n) is 2.44. The largest absolute Gasteiger partial charge is 0.465 e. The van der Waals surface area contributed by atoms with Gasteiger partial charge in [0.15, 0.2) is 0 Å². The minimum absolute atomic E-state index is 0.0390. The van der Waals surface area contributed by atoms with Crippen LogP contribution in [0.25, 0.3) is 0 Å². The summed E-state index contributed by atoms with van der Waals surface area (Å²) in [6.07, 6.45) is 0.599. The summed E-state index contributed by atoms with van der Waals surface area (Å²) in [5, 5.41) is 8.51. The van der Waals surface area contributed by atoms with Crippen molar-refractivity contribution in [2.75, 3.05) is 13.2 Å². The van der Waals surface area contributed by atoms with Crippen LogP contribution in [0, 0.1) is 0 Å². The van der Waals surface area contributed by atoms with E-state index in [1.807, 2.05) is 0 Å². The van der Waals surface area contributed by atoms with E-state index in [-0.39, 0.29) is 69.1 Å². The molecule has 0 bridgehead atoms. The number of rotatable bonds is 11. The van der Waals surface area contributed by atoms with E-state index in [1.54, 1.807) is 0 Å². The van der Waals surface area contributed by atoms with Crippen molar-refractivity contribution >= 4 is 23.3 Å². The first kappa shape index (κ1) is 17.4. The summed E-state index contributed by atoms with van der Waals surface area (Å²) < 4.78 is 4.61. The average molecular weight is 272 g/mol. The lowest BCUT2D eigenvalue weighted by Gasteiger charge is -2.02. The second-order valence-corrected chi connectivity index (χ2v) is 4.18. The third kappa shape index (κ3) is 11.3. The molecule has 6 heteroatoms. The predicted molar refractivity (Wildman–Crippen MR) is 66.4 cm³/mol. The summed E-state index contributed by atoms with van der Waals surface area (Å²) in [7, 11) is 0. The van der Waals surface area contributed by atoms with Gasteiger partial charge in [0.1, 0.15) is 17.3 Å². The van der Waals surface area contributed by atoms with Crippen molar-refractivity contribution in [2.45, 2.75) is 45.4 Å². The van der Waals surface area contributed by atoms with Gasteiger partial charge in [-0.15, -0.1) is 0 Å². The Labute approximate surface area is 112 Å². The molecule has 0 unspecified atom stereocenters. The van der Waals surface area contributed by atoms with Gasteiger partial charge >= 0.3 is 5.97 Å². The zero-order valence-corrected chi connectivity index (χ0v) is 11.1. The summed E-state index contributed by atoms with van der Waals surface area (Å²) in [6.45, 7) is 1.09. The molecule has 0 heterocycles. The van der Waals surface area contributed by atoms with Gasteiger partial charge in [0, 0.05) is 52.1 Å². The number of Topliss-reactive ketones (excluding diaryl/α,β-unsaturated/α-hetero) is 3. The molecule has 0 amide bonds. The lowest BCUT2D eigenvalue weighted by molar-refractivity contribution is -0.141. The highest BCUT2D eigenvalue weighted by Gasteiger charge is 2.10. The highest BCUT2D eigenvalue weighted by molar-refractivity contribution is 5.89. The Morgan fingerprint density at radius 3 is 1.63 bits per heavy atom. The molecule has 1 N–H and O–H groups in total. The van der Waals surface area contributed by atoms with Gasteiger partial charge in [0.2, 0.25) is 0 Å². The van der Waals surface area contributed by atoms with Gasteiger partial charge in [-0.25, -0.2) is 0 Å². The summed E-state index contributed by atoms with van der Waals surface area (Å²) in [5.41, 5.74) is 0. The van der Waals surface area contributed by atoms with Crippen molar-refractivity contribution in [3.8, 4) is 0 Å². The molecule has 0 radical (unpaired) electrons. The maximum absolute atomic E-state index is 11.4. The molecule has 0 saturated heterocycles. The van der Waals surface area contributed by atoms with Crippen molar-refractivity contribution < 1.29 is 29.0 Å². The fourth-order valence-corrected chi connectivity index (χ4v) is 1.37. The molecule has 0 aromatic carbocycles. The van der Waals surface area contributed by atoms with Crippen LogP contribution in [0.3, 0.4) is 0 Å². The quantitative estimate of drug-likeness (QED) is 0.553. The summed E-state index contributed by atoms with van der Waals surface area (Å²) in [6, 6.07) is 0. The smallest absolute Gasteiger partial charge is 0.302 e. The van der Waals surface area contributed by atoms with Crippen LogP contribution in [-0.4, -0.2) is 41.6 Å². The Morgan fingerprint density at radius 1 is 0.789 bits per heavy atom. The van der Waals surface area contributed by atoms with Crippen LogP contribution < -0.4 is 0 Å². The van der Waals surface area contributed by atoms with E-state index in [4.69, 9.17) is 5.11 Å². The van der Waals surface area contributed by atoms with Gasteiger partial charge in [-0.2, -0.15) is 0 Å². The van der Waals surface area contributed by atoms with Crippen LogP contribution in [0.2, 0.25) is 0 Å². The zero-order valence-electron chi connectivity index (χ0n) is 11.1. The fourth-order valence-electron chi connectivity index (χ4n) is 1.37. The first-order chi connectivity index (χ1) is 8.95. The number of hydrogen-bond donors (Lipinski definition) is 1. The van der Waals surface area contributed by atoms with Crippen molar-refractivity contribution in [1.82, 2.24) is 0 Å². The van der Waals surface area contributed by atoms with E-state index < -0.39 is 5.97 Å². The Morgan fingerprint density at radius 2 is 1.21 bits per heavy atom. The number of carbonyl (C=O) groups is 4.